The zero-order valence-electron chi connectivity index (χ0n) is 15.7. The molecule has 0 aliphatic rings. The summed E-state index contributed by atoms with van der Waals surface area (Å²) < 4.78 is 0. The summed E-state index contributed by atoms with van der Waals surface area (Å²) in [6.45, 7) is 2.01. The average molecular weight is 496 g/mol. The van der Waals surface area contributed by atoms with Crippen molar-refractivity contribution in [1.82, 2.24) is 0 Å². The first-order chi connectivity index (χ1) is 13.2. The van der Waals surface area contributed by atoms with Crippen LogP contribution in [0.2, 0.25) is 0 Å². The summed E-state index contributed by atoms with van der Waals surface area (Å²) in [5.74, 6) is 0.361. The lowest BCUT2D eigenvalue weighted by Crippen LogP contribution is -3.00. The molecule has 0 atom stereocenters. The van der Waals surface area contributed by atoms with Crippen LogP contribution in [0.3, 0.4) is 0 Å². The van der Waals surface area contributed by atoms with Crippen molar-refractivity contribution in [3.8, 4) is 5.75 Å². The van der Waals surface area contributed by atoms with Crippen LogP contribution in [0, 0.1) is 6.92 Å². The van der Waals surface area contributed by atoms with Crippen LogP contribution in [0.15, 0.2) is 109 Å². The molecule has 1 nitrogen and oxygen atoms in total. The van der Waals surface area contributed by atoms with Gasteiger partial charge in [0, 0.05) is 0 Å². The highest BCUT2D eigenvalue weighted by atomic mass is 127. The van der Waals surface area contributed by atoms with Crippen molar-refractivity contribution in [1.29, 1.82) is 0 Å². The molecule has 4 aromatic rings. The molecule has 4 rings (SSSR count). The summed E-state index contributed by atoms with van der Waals surface area (Å²) in [6.07, 6.45) is 0. The molecular formula is C25H22IOP. The molecule has 140 valence electrons. The molecule has 0 aliphatic heterocycles. The van der Waals surface area contributed by atoms with Gasteiger partial charge in [-0.25, -0.2) is 0 Å². The van der Waals surface area contributed by atoms with Gasteiger partial charge in [0.05, 0.1) is 0 Å². The van der Waals surface area contributed by atoms with Crippen molar-refractivity contribution >= 4 is 28.5 Å². The summed E-state index contributed by atoms with van der Waals surface area (Å²) in [7, 11) is -2.21. The zero-order chi connectivity index (χ0) is 18.7. The number of benzene rings is 4. The SMILES string of the molecule is Cc1ccc([P+](c2ccccc2)(c2ccccc2)c2ccccc2)c(O)c1.[I-]. The van der Waals surface area contributed by atoms with Gasteiger partial charge in [-0.3, -0.25) is 0 Å². The Morgan fingerprint density at radius 1 is 0.571 bits per heavy atom. The molecule has 0 fully saturated rings. The van der Waals surface area contributed by atoms with Crippen molar-refractivity contribution in [3.05, 3.63) is 115 Å². The lowest BCUT2D eigenvalue weighted by molar-refractivity contribution is -0.00000626. The second-order valence-electron chi connectivity index (χ2n) is 6.67. The maximum absolute atomic E-state index is 11.0. The first kappa shape index (κ1) is 20.6. The van der Waals surface area contributed by atoms with Crippen LogP contribution in [0.4, 0.5) is 0 Å². The number of rotatable bonds is 4. The molecule has 0 aliphatic carbocycles. The molecule has 28 heavy (non-hydrogen) atoms. The lowest BCUT2D eigenvalue weighted by Gasteiger charge is -2.28. The molecular weight excluding hydrogens is 474 g/mol. The van der Waals surface area contributed by atoms with Crippen molar-refractivity contribution in [2.45, 2.75) is 6.92 Å². The normalized spacial score (nSPS) is 10.9. The van der Waals surface area contributed by atoms with Crippen LogP contribution in [0.25, 0.3) is 0 Å². The number of halogens is 1. The van der Waals surface area contributed by atoms with Gasteiger partial charge in [0.15, 0.2) is 11.1 Å². The first-order valence-electron chi connectivity index (χ1n) is 9.09. The maximum Gasteiger partial charge on any atom is 0.159 e. The number of hydrogen-bond donors (Lipinski definition) is 1. The molecule has 0 amide bonds. The smallest absolute Gasteiger partial charge is 0.159 e. The molecule has 0 saturated heterocycles. The predicted molar refractivity (Wildman–Crippen MR) is 118 cm³/mol. The van der Waals surface area contributed by atoms with Gasteiger partial charge in [-0.05, 0) is 61.0 Å². The number of phenols is 1. The van der Waals surface area contributed by atoms with E-state index in [2.05, 4.69) is 84.9 Å². The Balaban J connectivity index is 0.00000225. The highest BCUT2D eigenvalue weighted by molar-refractivity contribution is 8.01. The maximum atomic E-state index is 11.0. The molecule has 0 aromatic heterocycles. The third kappa shape index (κ3) is 3.59. The molecule has 0 bridgehead atoms. The Morgan fingerprint density at radius 3 is 1.32 bits per heavy atom. The van der Waals surface area contributed by atoms with E-state index >= 15 is 0 Å². The van der Waals surface area contributed by atoms with Gasteiger partial charge >= 0.3 is 0 Å². The van der Waals surface area contributed by atoms with Gasteiger partial charge in [0.2, 0.25) is 0 Å². The third-order valence-corrected chi connectivity index (χ3v) is 9.24. The van der Waals surface area contributed by atoms with E-state index in [1.165, 1.54) is 15.9 Å². The van der Waals surface area contributed by atoms with Crippen molar-refractivity contribution in [2.24, 2.45) is 0 Å². The Kier molecular flexibility index (Phi) is 6.53. The van der Waals surface area contributed by atoms with Gasteiger partial charge in [-0.1, -0.05) is 60.7 Å². The van der Waals surface area contributed by atoms with Crippen molar-refractivity contribution < 1.29 is 29.1 Å². The monoisotopic (exact) mass is 496 g/mol. The van der Waals surface area contributed by atoms with Gasteiger partial charge in [-0.15, -0.1) is 0 Å². The molecule has 1 N–H and O–H groups in total. The molecule has 3 heteroatoms. The fraction of sp³-hybridized carbons (Fsp3) is 0.0400. The number of hydrogen-bond acceptors (Lipinski definition) is 1. The summed E-state index contributed by atoms with van der Waals surface area (Å²) in [5.41, 5.74) is 1.06. The fourth-order valence-corrected chi connectivity index (χ4v) is 8.03. The third-order valence-electron chi connectivity index (χ3n) is 4.92. The van der Waals surface area contributed by atoms with E-state index in [1.54, 1.807) is 0 Å². The van der Waals surface area contributed by atoms with Gasteiger partial charge in [0.25, 0.3) is 0 Å². The molecule has 0 radical (unpaired) electrons. The minimum Gasteiger partial charge on any atom is -1.00 e. The second kappa shape index (κ2) is 8.89. The van der Waals surface area contributed by atoms with Crippen LogP contribution < -0.4 is 45.2 Å². The number of aryl methyl sites for hydroxylation is 1. The minimum absolute atomic E-state index is 0. The highest BCUT2D eigenvalue weighted by Gasteiger charge is 2.49. The summed E-state index contributed by atoms with van der Waals surface area (Å²) in [5, 5.41) is 15.7. The van der Waals surface area contributed by atoms with E-state index in [0.717, 1.165) is 10.9 Å². The van der Waals surface area contributed by atoms with E-state index < -0.39 is 7.26 Å². The largest absolute Gasteiger partial charge is 1.00 e. The van der Waals surface area contributed by atoms with Crippen molar-refractivity contribution in [2.75, 3.05) is 0 Å². The average Bonchev–Trinajstić information content (AvgIpc) is 2.72. The molecule has 0 saturated carbocycles. The van der Waals surface area contributed by atoms with Crippen LogP contribution in [-0.2, 0) is 0 Å². The number of aromatic hydroxyl groups is 1. The number of phenolic OH excluding ortho intramolecular Hbond substituents is 1. The van der Waals surface area contributed by atoms with Crippen LogP contribution in [0.5, 0.6) is 5.75 Å². The van der Waals surface area contributed by atoms with Crippen LogP contribution in [0.1, 0.15) is 5.56 Å². The zero-order valence-corrected chi connectivity index (χ0v) is 18.7. The standard InChI is InChI=1S/C25H21OP.HI/c1-20-17-18-25(24(26)19-20)27(21-11-5-2-6-12-21,22-13-7-3-8-14-22)23-15-9-4-10-16-23;/h2-19H,1H3;1H. The Bertz CT molecular complexity index is 937. The van der Waals surface area contributed by atoms with E-state index in [-0.39, 0.29) is 24.0 Å². The van der Waals surface area contributed by atoms with Gasteiger partial charge < -0.3 is 29.1 Å². The Labute approximate surface area is 184 Å². The molecule has 4 aromatic carbocycles. The van der Waals surface area contributed by atoms with E-state index in [4.69, 9.17) is 0 Å². The van der Waals surface area contributed by atoms with Gasteiger partial charge in [0.1, 0.15) is 23.2 Å². The van der Waals surface area contributed by atoms with Crippen LogP contribution >= 0.6 is 7.26 Å². The van der Waals surface area contributed by atoms with Crippen molar-refractivity contribution in [3.63, 3.8) is 0 Å². The topological polar surface area (TPSA) is 20.2 Å². The predicted octanol–water partition coefficient (Wildman–Crippen LogP) is 1.32. The van der Waals surface area contributed by atoms with E-state index in [0.29, 0.717) is 5.75 Å². The summed E-state index contributed by atoms with van der Waals surface area (Å²) in [4.78, 5) is 0. The molecule has 0 spiro atoms. The molecule has 0 heterocycles. The van der Waals surface area contributed by atoms with E-state index in [9.17, 15) is 5.11 Å². The lowest BCUT2D eigenvalue weighted by atomic mass is 10.2. The van der Waals surface area contributed by atoms with E-state index in [1.807, 2.05) is 31.2 Å². The minimum atomic E-state index is -2.21. The summed E-state index contributed by atoms with van der Waals surface area (Å²) >= 11 is 0. The Hall–Kier alpha value is -2.16. The fourth-order valence-electron chi connectivity index (χ4n) is 3.74. The first-order valence-corrected chi connectivity index (χ1v) is 10.9. The summed E-state index contributed by atoms with van der Waals surface area (Å²) in [6, 6.07) is 37.8. The highest BCUT2D eigenvalue weighted by Crippen LogP contribution is 2.55. The van der Waals surface area contributed by atoms with Crippen LogP contribution in [-0.4, -0.2) is 5.11 Å². The Morgan fingerprint density at radius 2 is 0.964 bits per heavy atom. The quantitative estimate of drug-likeness (QED) is 0.334. The van der Waals surface area contributed by atoms with Gasteiger partial charge in [-0.2, -0.15) is 0 Å². The second-order valence-corrected chi connectivity index (χ2v) is 10.0. The molecule has 0 unspecified atom stereocenters.